The fraction of sp³-hybridized carbons (Fsp3) is 0.350. The van der Waals surface area contributed by atoms with Crippen LogP contribution in [0.15, 0.2) is 94.6 Å². The van der Waals surface area contributed by atoms with Crippen LogP contribution < -0.4 is 5.73 Å². The lowest BCUT2D eigenvalue weighted by molar-refractivity contribution is -0.185. The lowest BCUT2D eigenvalue weighted by atomic mass is 9.54. The van der Waals surface area contributed by atoms with Crippen LogP contribution in [0.4, 0.5) is 0 Å². The number of carbonyl (C=O) groups is 4. The average molecular weight is 727 g/mol. The number of phenols is 1. The molecule has 52 heavy (non-hydrogen) atoms. The first kappa shape index (κ1) is 36.9. The summed E-state index contributed by atoms with van der Waals surface area (Å²) in [5, 5.41) is 48.1. The minimum Gasteiger partial charge on any atom is -0.508 e. The number of benzene rings is 3. The summed E-state index contributed by atoms with van der Waals surface area (Å²) < 4.78 is 6.28. The van der Waals surface area contributed by atoms with Crippen molar-refractivity contribution in [2.75, 3.05) is 19.8 Å². The van der Waals surface area contributed by atoms with E-state index in [1.165, 1.54) is 30.8 Å². The van der Waals surface area contributed by atoms with E-state index in [9.17, 15) is 39.6 Å². The number of aromatic hydroxyl groups is 1. The van der Waals surface area contributed by atoms with Crippen LogP contribution >= 0.6 is 11.8 Å². The number of thioether (sulfide) groups is 1. The number of hydrogen-bond acceptors (Lipinski definition) is 11. The highest BCUT2D eigenvalue weighted by atomic mass is 32.2. The van der Waals surface area contributed by atoms with E-state index >= 15 is 0 Å². The molecule has 6 rings (SSSR count). The second-order valence-electron chi connectivity index (χ2n) is 14.8. The van der Waals surface area contributed by atoms with E-state index in [0.717, 1.165) is 4.90 Å². The summed E-state index contributed by atoms with van der Waals surface area (Å²) in [6.07, 6.45) is -1.73. The summed E-state index contributed by atoms with van der Waals surface area (Å²) >= 11 is 1.43. The highest BCUT2D eigenvalue weighted by molar-refractivity contribution is 7.99. The summed E-state index contributed by atoms with van der Waals surface area (Å²) in [4.78, 5) is 57.8. The number of ether oxygens (including phenoxy) is 1. The molecule has 12 heteroatoms. The second kappa shape index (κ2) is 13.6. The molecule has 0 spiro atoms. The number of nitrogens with zero attached hydrogens (tertiary/aromatic N) is 1. The van der Waals surface area contributed by atoms with Crippen LogP contribution in [-0.4, -0.2) is 86.4 Å². The standard InChI is InChI=1S/C40H42N2O9S/c1-39(2,3)24-17-16-22-23(19-52-21-14-10-7-11-15-21)26-28(33(45)27(22)32(24)44)36(47)40(50)30(31(42(4)5)34(46)29(37(40)48)38(41)49)35(26)51-25(43)18-20-12-8-6-9-13-20/h6-17,23,26,30-31,35,44-45,48,50H,18-19H2,1-5H3,(H2,41,49)/t23-,26+,30+,31-,35-,40-/m0/s1. The van der Waals surface area contributed by atoms with Gasteiger partial charge in [0, 0.05) is 33.6 Å². The maximum absolute atomic E-state index is 15.0. The third-order valence-electron chi connectivity index (χ3n) is 10.3. The van der Waals surface area contributed by atoms with E-state index in [1.807, 2.05) is 51.1 Å². The van der Waals surface area contributed by atoms with Crippen LogP contribution in [0.3, 0.4) is 0 Å². The van der Waals surface area contributed by atoms with Gasteiger partial charge in [-0.2, -0.15) is 0 Å². The van der Waals surface area contributed by atoms with Crippen LogP contribution in [0.5, 0.6) is 5.75 Å². The summed E-state index contributed by atoms with van der Waals surface area (Å²) in [6.45, 7) is 5.63. The minimum absolute atomic E-state index is 0.0308. The van der Waals surface area contributed by atoms with Crippen molar-refractivity contribution in [3.05, 3.63) is 112 Å². The number of fused-ring (bicyclic) bond motifs is 3. The van der Waals surface area contributed by atoms with Crippen molar-refractivity contribution < 1.29 is 44.3 Å². The van der Waals surface area contributed by atoms with Gasteiger partial charge in [0.15, 0.2) is 11.4 Å². The number of amides is 1. The quantitative estimate of drug-likeness (QED) is 0.126. The maximum Gasteiger partial charge on any atom is 0.310 e. The molecule has 272 valence electrons. The molecule has 1 fully saturated rings. The van der Waals surface area contributed by atoms with Gasteiger partial charge in [0.2, 0.25) is 5.78 Å². The molecule has 0 aliphatic heterocycles. The van der Waals surface area contributed by atoms with E-state index in [4.69, 9.17) is 10.5 Å². The molecule has 0 heterocycles. The average Bonchev–Trinajstić information content (AvgIpc) is 3.07. The summed E-state index contributed by atoms with van der Waals surface area (Å²) in [5.41, 5.74) is 2.06. The number of aliphatic hydroxyl groups excluding tert-OH is 2. The second-order valence-corrected chi connectivity index (χ2v) is 15.9. The molecular weight excluding hydrogens is 685 g/mol. The Balaban J connectivity index is 1.64. The molecule has 3 aromatic rings. The van der Waals surface area contributed by atoms with E-state index in [1.54, 1.807) is 42.5 Å². The van der Waals surface area contributed by atoms with Gasteiger partial charge < -0.3 is 30.9 Å². The topological polar surface area (TPSA) is 188 Å². The minimum atomic E-state index is -3.05. The monoisotopic (exact) mass is 726 g/mol. The molecule has 11 nitrogen and oxygen atoms in total. The number of hydrogen-bond donors (Lipinski definition) is 5. The molecule has 0 saturated heterocycles. The van der Waals surface area contributed by atoms with Crippen molar-refractivity contribution in [2.45, 2.75) is 61.2 Å². The van der Waals surface area contributed by atoms with E-state index in [2.05, 4.69) is 0 Å². The largest absolute Gasteiger partial charge is 0.508 e. The molecular formula is C40H42N2O9S. The van der Waals surface area contributed by atoms with Gasteiger partial charge in [-0.05, 0) is 42.8 Å². The van der Waals surface area contributed by atoms with Crippen molar-refractivity contribution in [1.29, 1.82) is 0 Å². The van der Waals surface area contributed by atoms with Gasteiger partial charge in [0.05, 0.1) is 23.9 Å². The molecule has 0 radical (unpaired) electrons. The number of phenolic OH excluding ortho intramolecular Hbond substituents is 1. The van der Waals surface area contributed by atoms with Gasteiger partial charge in [-0.15, -0.1) is 11.8 Å². The third-order valence-corrected chi connectivity index (χ3v) is 11.5. The molecule has 6 N–H and O–H groups in total. The molecule has 1 amide bonds. The van der Waals surface area contributed by atoms with E-state index < -0.39 is 87.0 Å². The lowest BCUT2D eigenvalue weighted by Gasteiger charge is -2.55. The van der Waals surface area contributed by atoms with Gasteiger partial charge in [0.25, 0.3) is 5.91 Å². The van der Waals surface area contributed by atoms with Gasteiger partial charge in [-0.1, -0.05) is 81.4 Å². The molecule has 0 bridgehead atoms. The SMILES string of the molecule is CN(C)[C@@H]1C(=O)C(C(N)=O)=C(O)[C@@]2(O)C(=O)C3=C(O)c4c(ccc(C(C)(C)C)c4O)[C@H](CSc4ccccc4)[C@H]3[C@H](OC(=O)Cc3ccccc3)[C@@H]12. The lowest BCUT2D eigenvalue weighted by Crippen LogP contribution is -2.71. The first-order valence-electron chi connectivity index (χ1n) is 16.9. The molecule has 0 aromatic heterocycles. The number of likely N-dealkylation sites (N-methyl/N-ethyl adjacent to an activating group) is 1. The normalized spacial score (nSPS) is 25.8. The van der Waals surface area contributed by atoms with Gasteiger partial charge in [-0.25, -0.2) is 0 Å². The van der Waals surface area contributed by atoms with Gasteiger partial charge in [-0.3, -0.25) is 24.1 Å². The van der Waals surface area contributed by atoms with Crippen molar-refractivity contribution in [3.8, 4) is 5.75 Å². The van der Waals surface area contributed by atoms with E-state index in [-0.39, 0.29) is 23.5 Å². The molecule has 3 aliphatic carbocycles. The molecule has 3 aromatic carbocycles. The predicted molar refractivity (Wildman–Crippen MR) is 195 cm³/mol. The van der Waals surface area contributed by atoms with Crippen LogP contribution in [0, 0.1) is 11.8 Å². The molecule has 0 unspecified atom stereocenters. The van der Waals surface area contributed by atoms with Crippen LogP contribution in [0.1, 0.15) is 48.9 Å². The zero-order valence-corrected chi connectivity index (χ0v) is 30.3. The molecule has 3 aliphatic rings. The smallest absolute Gasteiger partial charge is 0.310 e. The van der Waals surface area contributed by atoms with Crippen molar-refractivity contribution in [1.82, 2.24) is 4.90 Å². The van der Waals surface area contributed by atoms with Gasteiger partial charge >= 0.3 is 5.97 Å². The summed E-state index contributed by atoms with van der Waals surface area (Å²) in [6, 6.07) is 20.2. The first-order valence-corrected chi connectivity index (χ1v) is 17.9. The Labute approximate surface area is 305 Å². The Bertz CT molecular complexity index is 2020. The van der Waals surface area contributed by atoms with Crippen molar-refractivity contribution >= 4 is 41.0 Å². The Hall–Kier alpha value is -4.91. The predicted octanol–water partition coefficient (Wildman–Crippen LogP) is 4.36. The van der Waals surface area contributed by atoms with Crippen LogP contribution in [0.2, 0.25) is 0 Å². The zero-order valence-electron chi connectivity index (χ0n) is 29.5. The number of carbonyl (C=O) groups excluding carboxylic acids is 4. The summed E-state index contributed by atoms with van der Waals surface area (Å²) in [5.74, 6) is -9.86. The molecule has 1 saturated carbocycles. The number of rotatable bonds is 8. The van der Waals surface area contributed by atoms with Gasteiger partial charge in [0.1, 0.15) is 28.9 Å². The maximum atomic E-state index is 15.0. The third kappa shape index (κ3) is 5.98. The van der Waals surface area contributed by atoms with Crippen molar-refractivity contribution in [2.24, 2.45) is 17.6 Å². The number of ketones is 2. The fourth-order valence-electron chi connectivity index (χ4n) is 8.01. The number of Topliss-reactive ketones (excluding diaryl/α,β-unsaturated/α-hetero) is 2. The number of nitrogens with two attached hydrogens (primary N) is 1. The highest BCUT2D eigenvalue weighted by Gasteiger charge is 2.70. The first-order chi connectivity index (χ1) is 24.5. The fourth-order valence-corrected chi connectivity index (χ4v) is 9.12. The Morgan fingerprint density at radius 2 is 1.56 bits per heavy atom. The Morgan fingerprint density at radius 1 is 0.942 bits per heavy atom. The van der Waals surface area contributed by atoms with Crippen LogP contribution in [0.25, 0.3) is 5.76 Å². The Kier molecular flexibility index (Phi) is 9.62. The zero-order chi connectivity index (χ0) is 37.9. The van der Waals surface area contributed by atoms with Crippen molar-refractivity contribution in [3.63, 3.8) is 0 Å². The number of aliphatic hydroxyl groups is 3. The highest BCUT2D eigenvalue weighted by Crippen LogP contribution is 2.58. The Morgan fingerprint density at radius 3 is 2.13 bits per heavy atom. The van der Waals surface area contributed by atoms with Crippen LogP contribution in [-0.2, 0) is 35.8 Å². The van der Waals surface area contributed by atoms with E-state index in [0.29, 0.717) is 16.7 Å². The number of primary amides is 1. The number of esters is 1. The summed E-state index contributed by atoms with van der Waals surface area (Å²) in [7, 11) is 2.98. The molecule has 6 atom stereocenters.